The molecule has 0 amide bonds. The number of carbonyl (C=O) groups excluding carboxylic acids is 1. The van der Waals surface area contributed by atoms with E-state index in [1.165, 1.54) is 44.1 Å². The predicted octanol–water partition coefficient (Wildman–Crippen LogP) is 4.38. The Morgan fingerprint density at radius 1 is 1.32 bits per heavy atom. The number of esters is 1. The van der Waals surface area contributed by atoms with Gasteiger partial charge in [0.2, 0.25) is 0 Å². The number of hydrogen-bond donors (Lipinski definition) is 0. The lowest BCUT2D eigenvalue weighted by molar-refractivity contribution is 0.0601. The number of hydrogen-bond acceptors (Lipinski definition) is 5. The molecule has 1 aliphatic carbocycles. The summed E-state index contributed by atoms with van der Waals surface area (Å²) in [7, 11) is 1.41. The van der Waals surface area contributed by atoms with Crippen LogP contribution in [0.15, 0.2) is 29.9 Å². The van der Waals surface area contributed by atoms with Crippen LogP contribution in [0.3, 0.4) is 0 Å². The first-order chi connectivity index (χ1) is 12.3. The Hall–Kier alpha value is -2.21. The minimum Gasteiger partial charge on any atom is -0.465 e. The van der Waals surface area contributed by atoms with Crippen LogP contribution < -0.4 is 0 Å². The van der Waals surface area contributed by atoms with Gasteiger partial charge in [0, 0.05) is 23.5 Å². The maximum atomic E-state index is 11.8. The summed E-state index contributed by atoms with van der Waals surface area (Å²) >= 11 is 1.66. The van der Waals surface area contributed by atoms with Crippen molar-refractivity contribution in [2.24, 2.45) is 0 Å². The molecule has 0 aliphatic heterocycles. The smallest absolute Gasteiger partial charge is 0.337 e. The van der Waals surface area contributed by atoms with Crippen molar-refractivity contribution >= 4 is 28.3 Å². The van der Waals surface area contributed by atoms with Gasteiger partial charge in [0.25, 0.3) is 0 Å². The topological polar surface area (TPSA) is 57.0 Å². The van der Waals surface area contributed by atoms with Crippen LogP contribution in [0.25, 0.3) is 11.0 Å². The van der Waals surface area contributed by atoms with E-state index in [0.717, 1.165) is 23.3 Å². The van der Waals surface area contributed by atoms with Crippen LogP contribution in [0.5, 0.6) is 0 Å². The average molecular weight is 355 g/mol. The molecule has 0 unspecified atom stereocenters. The second-order valence-electron chi connectivity index (χ2n) is 6.53. The molecule has 3 aromatic rings. The van der Waals surface area contributed by atoms with Crippen molar-refractivity contribution in [1.29, 1.82) is 0 Å². The summed E-state index contributed by atoms with van der Waals surface area (Å²) in [6.45, 7) is 0. The number of aromatic nitrogens is 3. The quantitative estimate of drug-likeness (QED) is 0.652. The molecule has 1 saturated carbocycles. The van der Waals surface area contributed by atoms with Gasteiger partial charge in [0.15, 0.2) is 0 Å². The number of ether oxygens (including phenoxy) is 1. The highest BCUT2D eigenvalue weighted by molar-refractivity contribution is 7.09. The average Bonchev–Trinajstić information content (AvgIpc) is 3.28. The van der Waals surface area contributed by atoms with E-state index >= 15 is 0 Å². The molecule has 130 valence electrons. The van der Waals surface area contributed by atoms with E-state index < -0.39 is 0 Å². The molecular weight excluding hydrogens is 334 g/mol. The largest absolute Gasteiger partial charge is 0.465 e. The van der Waals surface area contributed by atoms with Crippen LogP contribution in [-0.2, 0) is 11.2 Å². The van der Waals surface area contributed by atoms with Crippen LogP contribution in [-0.4, -0.2) is 27.6 Å². The Morgan fingerprint density at radius 3 is 2.88 bits per heavy atom. The second kappa shape index (κ2) is 6.96. The van der Waals surface area contributed by atoms with Crippen LogP contribution in [0.4, 0.5) is 0 Å². The van der Waals surface area contributed by atoms with Gasteiger partial charge < -0.3 is 9.30 Å². The first kappa shape index (κ1) is 16.3. The molecule has 25 heavy (non-hydrogen) atoms. The van der Waals surface area contributed by atoms with Crippen molar-refractivity contribution in [3.05, 3.63) is 46.2 Å². The Balaban J connectivity index is 1.80. The van der Waals surface area contributed by atoms with Crippen molar-refractivity contribution in [1.82, 2.24) is 14.5 Å². The number of nitrogens with zero attached hydrogens (tertiary/aromatic N) is 3. The molecule has 2 heterocycles. The predicted molar refractivity (Wildman–Crippen MR) is 98.1 cm³/mol. The van der Waals surface area contributed by atoms with Crippen molar-refractivity contribution in [2.45, 2.75) is 44.6 Å². The highest BCUT2D eigenvalue weighted by atomic mass is 32.1. The van der Waals surface area contributed by atoms with Crippen molar-refractivity contribution in [3.63, 3.8) is 0 Å². The monoisotopic (exact) mass is 355 g/mol. The van der Waals surface area contributed by atoms with E-state index in [9.17, 15) is 4.79 Å². The molecule has 0 N–H and O–H groups in total. The molecular formula is C19H21N3O2S. The molecule has 1 aliphatic rings. The Labute approximate surface area is 150 Å². The number of benzene rings is 1. The van der Waals surface area contributed by atoms with Crippen LogP contribution in [0, 0.1) is 0 Å². The zero-order chi connectivity index (χ0) is 17.2. The number of thiazole rings is 1. The molecule has 2 aromatic heterocycles. The van der Waals surface area contributed by atoms with E-state index in [0.29, 0.717) is 11.6 Å². The molecule has 6 heteroatoms. The fourth-order valence-electron chi connectivity index (χ4n) is 3.75. The minimum atomic E-state index is -0.321. The zero-order valence-electron chi connectivity index (χ0n) is 14.3. The van der Waals surface area contributed by atoms with Gasteiger partial charge in [-0.2, -0.15) is 0 Å². The van der Waals surface area contributed by atoms with Crippen molar-refractivity contribution in [2.75, 3.05) is 7.11 Å². The molecule has 1 aromatic carbocycles. The van der Waals surface area contributed by atoms with Gasteiger partial charge in [-0.25, -0.2) is 9.78 Å². The van der Waals surface area contributed by atoms with E-state index in [-0.39, 0.29) is 5.97 Å². The summed E-state index contributed by atoms with van der Waals surface area (Å²) in [5.41, 5.74) is 4.39. The summed E-state index contributed by atoms with van der Waals surface area (Å²) in [6.07, 6.45) is 8.94. The molecule has 0 radical (unpaired) electrons. The normalized spacial score (nSPS) is 15.6. The molecule has 5 nitrogen and oxygen atoms in total. The summed E-state index contributed by atoms with van der Waals surface area (Å²) in [6, 6.07) is 6.19. The van der Waals surface area contributed by atoms with Crippen molar-refractivity contribution < 1.29 is 9.53 Å². The third-order valence-corrected chi connectivity index (χ3v) is 5.72. The van der Waals surface area contributed by atoms with Crippen LogP contribution in [0.2, 0.25) is 0 Å². The van der Waals surface area contributed by atoms with E-state index in [4.69, 9.17) is 9.72 Å². The van der Waals surface area contributed by atoms with E-state index in [1.54, 1.807) is 11.3 Å². The lowest BCUT2D eigenvalue weighted by atomic mass is 9.95. The van der Waals surface area contributed by atoms with Crippen LogP contribution in [0.1, 0.15) is 59.2 Å². The number of methoxy groups -OCH3 is 1. The van der Waals surface area contributed by atoms with Gasteiger partial charge in [-0.15, -0.1) is 11.3 Å². The fourth-order valence-corrected chi connectivity index (χ4v) is 4.34. The van der Waals surface area contributed by atoms with Gasteiger partial charge in [-0.1, -0.05) is 19.3 Å². The summed E-state index contributed by atoms with van der Waals surface area (Å²) in [5, 5.41) is 0. The van der Waals surface area contributed by atoms with E-state index in [1.807, 2.05) is 29.9 Å². The van der Waals surface area contributed by atoms with E-state index in [2.05, 4.69) is 9.55 Å². The van der Waals surface area contributed by atoms with Crippen molar-refractivity contribution in [3.8, 4) is 0 Å². The van der Waals surface area contributed by atoms with Gasteiger partial charge >= 0.3 is 5.97 Å². The summed E-state index contributed by atoms with van der Waals surface area (Å²) < 4.78 is 7.24. The summed E-state index contributed by atoms with van der Waals surface area (Å²) in [4.78, 5) is 22.1. The molecule has 0 spiro atoms. The Morgan fingerprint density at radius 2 is 2.16 bits per heavy atom. The fraction of sp³-hybridized carbons (Fsp3) is 0.421. The summed E-state index contributed by atoms with van der Waals surface area (Å²) in [5.74, 6) is 0.742. The van der Waals surface area contributed by atoms with Gasteiger partial charge in [-0.3, -0.25) is 4.98 Å². The molecule has 0 bridgehead atoms. The lowest BCUT2D eigenvalue weighted by Gasteiger charge is -2.25. The highest BCUT2D eigenvalue weighted by Crippen LogP contribution is 2.33. The second-order valence-corrected chi connectivity index (χ2v) is 7.50. The lowest BCUT2D eigenvalue weighted by Crippen LogP contribution is -2.15. The zero-order valence-corrected chi connectivity index (χ0v) is 15.1. The third-order valence-electron chi connectivity index (χ3n) is 4.94. The van der Waals surface area contributed by atoms with Gasteiger partial charge in [0.05, 0.1) is 29.2 Å². The number of fused-ring (bicyclic) bond motifs is 1. The first-order valence-corrected chi connectivity index (χ1v) is 9.61. The number of imidazole rings is 1. The molecule has 0 atom stereocenters. The third kappa shape index (κ3) is 3.18. The SMILES string of the molecule is COC(=O)c1ccc2c(c1)nc(Cc1cncs1)n2C1CCCCC1. The molecule has 0 saturated heterocycles. The standard InChI is InChI=1S/C19H21N3O2S/c1-24-19(23)13-7-8-17-16(9-13)21-18(10-15-11-20-12-25-15)22(17)14-5-3-2-4-6-14/h7-9,11-12,14H,2-6,10H2,1H3. The first-order valence-electron chi connectivity index (χ1n) is 8.73. The number of carbonyl (C=O) groups is 1. The molecule has 4 rings (SSSR count). The maximum Gasteiger partial charge on any atom is 0.337 e. The van der Waals surface area contributed by atoms with Crippen LogP contribution >= 0.6 is 11.3 Å². The molecule has 1 fully saturated rings. The Kier molecular flexibility index (Phi) is 4.53. The van der Waals surface area contributed by atoms with Gasteiger partial charge in [-0.05, 0) is 31.0 Å². The highest BCUT2D eigenvalue weighted by Gasteiger charge is 2.22. The maximum absolute atomic E-state index is 11.8. The van der Waals surface area contributed by atoms with Gasteiger partial charge in [0.1, 0.15) is 5.82 Å². The Bertz CT molecular complexity index is 880. The number of rotatable bonds is 4. The minimum absolute atomic E-state index is 0.321.